The first-order valence-electron chi connectivity index (χ1n) is 2.97. The van der Waals surface area contributed by atoms with Gasteiger partial charge in [-0.05, 0) is 13.8 Å². The molecule has 0 aliphatic rings. The van der Waals surface area contributed by atoms with Gasteiger partial charge in [-0.3, -0.25) is 0 Å². The third-order valence-corrected chi connectivity index (χ3v) is 0.408. The fourth-order valence-electron chi connectivity index (χ4n) is 0.204. The zero-order valence-electron chi connectivity index (χ0n) is 6.61. The molecule has 0 bridgehead atoms. The lowest BCUT2D eigenvalue weighted by Gasteiger charge is -1.86. The first kappa shape index (κ1) is 16.7. The van der Waals surface area contributed by atoms with Crippen molar-refractivity contribution in [2.45, 2.75) is 20.8 Å². The van der Waals surface area contributed by atoms with Gasteiger partial charge in [0.25, 0.3) is 0 Å². The van der Waals surface area contributed by atoms with Crippen LogP contribution in [0.5, 0.6) is 0 Å². The molecule has 0 aliphatic heterocycles. The summed E-state index contributed by atoms with van der Waals surface area (Å²) in [5.41, 5.74) is 0. The molecule has 0 N–H and O–H groups in total. The van der Waals surface area contributed by atoms with Crippen LogP contribution in [-0.2, 0) is 4.74 Å². The molecule has 9 heavy (non-hydrogen) atoms. The molecule has 0 saturated carbocycles. The molecule has 3 heteroatoms. The first-order chi connectivity index (χ1) is 3.83. The van der Waals surface area contributed by atoms with E-state index in [1.807, 2.05) is 20.8 Å². The van der Waals surface area contributed by atoms with Crippen LogP contribution in [0.3, 0.4) is 0 Å². The summed E-state index contributed by atoms with van der Waals surface area (Å²) in [5, 5.41) is 1.06. The van der Waals surface area contributed by atoms with E-state index in [0.717, 1.165) is 18.5 Å². The zero-order valence-corrected chi connectivity index (χ0v) is 9.61. The summed E-state index contributed by atoms with van der Waals surface area (Å²) in [6, 6.07) is 0. The van der Waals surface area contributed by atoms with E-state index >= 15 is 0 Å². The van der Waals surface area contributed by atoms with E-state index in [0.29, 0.717) is 0 Å². The second kappa shape index (κ2) is 22.9. The molecule has 0 fully saturated rings. The average Bonchev–Trinajstić information content (AvgIpc) is 1.71. The lowest BCUT2D eigenvalue weighted by atomic mass is 10.8. The number of alkyl halides is 1. The first-order valence-corrected chi connectivity index (χ1v) is 4.09. The summed E-state index contributed by atoms with van der Waals surface area (Å²) in [4.78, 5) is 0. The molecule has 0 spiro atoms. The van der Waals surface area contributed by atoms with Gasteiger partial charge in [0.15, 0.2) is 0 Å². The third-order valence-electron chi connectivity index (χ3n) is 0.408. The highest BCUT2D eigenvalue weighted by Gasteiger charge is 1.64. The molecule has 0 aromatic carbocycles. The van der Waals surface area contributed by atoms with E-state index in [1.165, 1.54) is 0 Å². The molecule has 0 atom stereocenters. The van der Waals surface area contributed by atoms with Crippen LogP contribution >= 0.6 is 15.9 Å². The Labute approximate surface area is 82.8 Å². The van der Waals surface area contributed by atoms with Gasteiger partial charge in [-0.2, -0.15) is 0 Å². The van der Waals surface area contributed by atoms with Gasteiger partial charge in [-0.1, -0.05) is 22.9 Å². The number of halogens is 1. The summed E-state index contributed by atoms with van der Waals surface area (Å²) >= 11 is 3.15. The van der Waals surface area contributed by atoms with Gasteiger partial charge in [0.05, 0.1) is 0 Å². The third kappa shape index (κ3) is 46.5. The van der Waals surface area contributed by atoms with Gasteiger partial charge in [0, 0.05) is 41.6 Å². The molecule has 54 valence electrons. The Morgan fingerprint density at radius 2 is 1.33 bits per heavy atom. The van der Waals surface area contributed by atoms with Gasteiger partial charge in [0.2, 0.25) is 0 Å². The highest BCUT2D eigenvalue weighted by atomic mass is 79.9. The Balaban J connectivity index is -0.0000000800. The second-order valence-electron chi connectivity index (χ2n) is 1.05. The van der Waals surface area contributed by atoms with E-state index in [2.05, 4.69) is 15.9 Å². The van der Waals surface area contributed by atoms with E-state index in [1.54, 1.807) is 0 Å². The summed E-state index contributed by atoms with van der Waals surface area (Å²) < 4.78 is 4.83. The van der Waals surface area contributed by atoms with Crippen LogP contribution in [0, 0.1) is 0 Å². The fourth-order valence-corrected chi connectivity index (χ4v) is 0.204. The molecule has 0 rings (SSSR count). The van der Waals surface area contributed by atoms with E-state index in [9.17, 15) is 0 Å². The highest BCUT2D eigenvalue weighted by Crippen LogP contribution is 1.67. The number of hydrogen-bond donors (Lipinski definition) is 0. The molecule has 0 heterocycles. The summed E-state index contributed by atoms with van der Waals surface area (Å²) in [6.07, 6.45) is 0. The van der Waals surface area contributed by atoms with Gasteiger partial charge >= 0.3 is 0 Å². The largest absolute Gasteiger partial charge is 0.382 e. The molecule has 0 unspecified atom stereocenters. The van der Waals surface area contributed by atoms with Crippen molar-refractivity contribution in [2.24, 2.45) is 0 Å². The monoisotopic (exact) mass is 206 g/mol. The van der Waals surface area contributed by atoms with E-state index < -0.39 is 0 Å². The van der Waals surface area contributed by atoms with Gasteiger partial charge in [0.1, 0.15) is 0 Å². The number of hydrogen-bond acceptors (Lipinski definition) is 1. The molecule has 1 nitrogen and oxygen atoms in total. The van der Waals surface area contributed by atoms with Crippen LogP contribution in [0.2, 0.25) is 0 Å². The molecule has 0 aromatic heterocycles. The Bertz CT molecular complexity index is 27.0. The molecule has 0 amide bonds. The molecular formula is C6H15BrMgO. The lowest BCUT2D eigenvalue weighted by molar-refractivity contribution is 0.162. The van der Waals surface area contributed by atoms with Crippen molar-refractivity contribution in [3.8, 4) is 0 Å². The molecule has 2 radical (unpaired) electrons. The summed E-state index contributed by atoms with van der Waals surface area (Å²) in [6.45, 7) is 7.71. The van der Waals surface area contributed by atoms with Crippen LogP contribution in [0.25, 0.3) is 0 Å². The zero-order chi connectivity index (χ0) is 6.83. The number of rotatable bonds is 2. The summed E-state index contributed by atoms with van der Waals surface area (Å²) in [5.74, 6) is 0. The van der Waals surface area contributed by atoms with Crippen molar-refractivity contribution in [2.75, 3.05) is 18.5 Å². The minimum atomic E-state index is 0. The van der Waals surface area contributed by atoms with Crippen molar-refractivity contribution < 1.29 is 4.74 Å². The summed E-state index contributed by atoms with van der Waals surface area (Å²) in [7, 11) is 0. The fraction of sp³-hybridized carbons (Fsp3) is 1.00. The Kier molecular flexibility index (Phi) is 42.3. The van der Waals surface area contributed by atoms with Gasteiger partial charge < -0.3 is 4.74 Å². The van der Waals surface area contributed by atoms with Crippen LogP contribution < -0.4 is 0 Å². The predicted octanol–water partition coefficient (Wildman–Crippen LogP) is 2.06. The second-order valence-corrected chi connectivity index (χ2v) is 2.17. The van der Waals surface area contributed by atoms with Gasteiger partial charge in [-0.15, -0.1) is 0 Å². The van der Waals surface area contributed by atoms with Crippen LogP contribution in [0.4, 0.5) is 0 Å². The topological polar surface area (TPSA) is 9.23 Å². The maximum absolute atomic E-state index is 4.83. The van der Waals surface area contributed by atoms with Crippen molar-refractivity contribution in [1.82, 2.24) is 0 Å². The van der Waals surface area contributed by atoms with Crippen LogP contribution in [0.15, 0.2) is 0 Å². The Morgan fingerprint density at radius 1 is 1.11 bits per heavy atom. The maximum atomic E-state index is 4.83. The number of ether oxygens (including phenoxy) is 1. The predicted molar refractivity (Wildman–Crippen MR) is 47.4 cm³/mol. The minimum absolute atomic E-state index is 0. The van der Waals surface area contributed by atoms with Crippen molar-refractivity contribution in [3.63, 3.8) is 0 Å². The van der Waals surface area contributed by atoms with Crippen molar-refractivity contribution in [3.05, 3.63) is 0 Å². The van der Waals surface area contributed by atoms with E-state index in [4.69, 9.17) is 4.74 Å². The van der Waals surface area contributed by atoms with Crippen molar-refractivity contribution >= 4 is 39.0 Å². The molecule has 0 saturated heterocycles. The molecule has 0 aromatic rings. The van der Waals surface area contributed by atoms with E-state index in [-0.39, 0.29) is 23.1 Å². The highest BCUT2D eigenvalue weighted by molar-refractivity contribution is 9.09. The molecule has 0 aliphatic carbocycles. The smallest absolute Gasteiger partial charge is 0.0437 e. The Morgan fingerprint density at radius 3 is 1.33 bits per heavy atom. The SMILES string of the molecule is CCBr.CCOCC.[Mg]. The standard InChI is InChI=1S/C4H10O.C2H5Br.Mg/c1-3-5-4-2;1-2-3;/h3-4H2,1-2H3;2H2,1H3;. The van der Waals surface area contributed by atoms with Crippen molar-refractivity contribution in [1.29, 1.82) is 0 Å². The molecular weight excluding hydrogens is 192 g/mol. The van der Waals surface area contributed by atoms with Gasteiger partial charge in [-0.25, -0.2) is 0 Å². The average molecular weight is 207 g/mol. The van der Waals surface area contributed by atoms with Crippen LogP contribution in [0.1, 0.15) is 20.8 Å². The quantitative estimate of drug-likeness (QED) is 0.497. The lowest BCUT2D eigenvalue weighted by Crippen LogP contribution is -1.84. The Hall–Kier alpha value is 1.21. The minimum Gasteiger partial charge on any atom is -0.382 e. The maximum Gasteiger partial charge on any atom is 0.0437 e. The normalized spacial score (nSPS) is 6.67. The van der Waals surface area contributed by atoms with Crippen LogP contribution in [-0.4, -0.2) is 41.6 Å².